The minimum atomic E-state index is -3.85. The lowest BCUT2D eigenvalue weighted by atomic mass is 10.1. The quantitative estimate of drug-likeness (QED) is 0.423. The van der Waals surface area contributed by atoms with Gasteiger partial charge in [-0.25, -0.2) is 8.42 Å². The maximum atomic E-state index is 12.8. The van der Waals surface area contributed by atoms with Crippen molar-refractivity contribution in [3.63, 3.8) is 0 Å². The molecule has 0 saturated carbocycles. The van der Waals surface area contributed by atoms with Crippen molar-refractivity contribution in [1.82, 2.24) is 5.32 Å². The molecule has 0 aliphatic rings. The fourth-order valence-corrected chi connectivity index (χ4v) is 4.52. The number of hydrogen-bond acceptors (Lipinski definition) is 5. The van der Waals surface area contributed by atoms with Crippen LogP contribution in [0.3, 0.4) is 0 Å². The van der Waals surface area contributed by atoms with Crippen molar-refractivity contribution in [2.45, 2.75) is 24.7 Å². The molecule has 0 aliphatic carbocycles. The van der Waals surface area contributed by atoms with Gasteiger partial charge >= 0.3 is 0 Å². The van der Waals surface area contributed by atoms with Crippen LogP contribution in [0, 0.1) is 6.92 Å². The van der Waals surface area contributed by atoms with Crippen LogP contribution < -0.4 is 19.7 Å². The Morgan fingerprint density at radius 2 is 1.65 bits per heavy atom. The van der Waals surface area contributed by atoms with Gasteiger partial charge in [0.15, 0.2) is 0 Å². The van der Waals surface area contributed by atoms with Gasteiger partial charge in [0.2, 0.25) is 0 Å². The third-order valence-corrected chi connectivity index (χ3v) is 6.87. The number of nitrogens with zero attached hydrogens (tertiary/aromatic N) is 1. The van der Waals surface area contributed by atoms with Crippen molar-refractivity contribution >= 4 is 27.3 Å². The minimum absolute atomic E-state index is 0.0278. The van der Waals surface area contributed by atoms with Crippen LogP contribution in [-0.2, 0) is 16.4 Å². The van der Waals surface area contributed by atoms with Crippen LogP contribution in [0.1, 0.15) is 27.9 Å². The first-order valence-electron chi connectivity index (χ1n) is 11.0. The zero-order chi connectivity index (χ0) is 24.7. The maximum Gasteiger partial charge on any atom is 0.261 e. The van der Waals surface area contributed by atoms with Crippen LogP contribution in [-0.4, -0.2) is 42.1 Å². The molecule has 1 amide bonds. The summed E-state index contributed by atoms with van der Waals surface area (Å²) >= 11 is 0. The Morgan fingerprint density at radius 3 is 2.26 bits per heavy atom. The number of aryl methyl sites for hydroxylation is 2. The summed E-state index contributed by atoms with van der Waals surface area (Å²) in [6.45, 7) is 2.28. The van der Waals surface area contributed by atoms with Gasteiger partial charge in [-0.1, -0.05) is 18.2 Å². The van der Waals surface area contributed by atoms with Crippen molar-refractivity contribution in [2.75, 3.05) is 37.4 Å². The van der Waals surface area contributed by atoms with Gasteiger partial charge in [-0.2, -0.15) is 0 Å². The minimum Gasteiger partial charge on any atom is -0.497 e. The van der Waals surface area contributed by atoms with Gasteiger partial charge in [-0.05, 0) is 79.4 Å². The molecule has 0 aromatic heterocycles. The lowest BCUT2D eigenvalue weighted by molar-refractivity contribution is 0.0952. The van der Waals surface area contributed by atoms with E-state index in [1.165, 1.54) is 17.7 Å². The highest BCUT2D eigenvalue weighted by Gasteiger charge is 2.18. The molecule has 2 N–H and O–H groups in total. The van der Waals surface area contributed by atoms with Crippen molar-refractivity contribution in [3.8, 4) is 5.75 Å². The molecule has 0 saturated heterocycles. The van der Waals surface area contributed by atoms with E-state index in [-0.39, 0.29) is 10.8 Å². The molecule has 3 aromatic rings. The number of hydrogen-bond donors (Lipinski definition) is 2. The largest absolute Gasteiger partial charge is 0.497 e. The zero-order valence-electron chi connectivity index (χ0n) is 20.0. The molecule has 180 valence electrons. The molecular weight excluding hydrogens is 450 g/mol. The molecule has 3 aromatic carbocycles. The summed E-state index contributed by atoms with van der Waals surface area (Å²) in [4.78, 5) is 14.8. The van der Waals surface area contributed by atoms with Gasteiger partial charge in [0.05, 0.1) is 12.0 Å². The lowest BCUT2D eigenvalue weighted by Gasteiger charge is -2.13. The number of carbonyl (C=O) groups is 1. The Hall–Kier alpha value is -3.52. The molecular formula is C26H31N3O4S. The highest BCUT2D eigenvalue weighted by atomic mass is 32.2. The van der Waals surface area contributed by atoms with Crippen molar-refractivity contribution < 1.29 is 17.9 Å². The first kappa shape index (κ1) is 25.1. The lowest BCUT2D eigenvalue weighted by Crippen LogP contribution is -2.26. The Kier molecular flexibility index (Phi) is 8.17. The standard InChI is InChI=1S/C26H31N3O4S/c1-19-7-16-24(34(31,32)28-21-10-14-23(33-4)15-11-21)18-25(19)26(30)27-17-5-6-20-8-12-22(13-9-20)29(2)3/h7-16,18,28H,5-6,17H2,1-4H3,(H,27,30). The molecule has 0 aliphatic heterocycles. The van der Waals surface area contributed by atoms with Gasteiger partial charge in [0.25, 0.3) is 15.9 Å². The molecule has 0 radical (unpaired) electrons. The van der Waals surface area contributed by atoms with Gasteiger partial charge in [0, 0.05) is 37.6 Å². The van der Waals surface area contributed by atoms with Crippen molar-refractivity contribution in [1.29, 1.82) is 0 Å². The SMILES string of the molecule is COc1ccc(NS(=O)(=O)c2ccc(C)c(C(=O)NCCCc3ccc(N(C)C)cc3)c2)cc1. The van der Waals surface area contributed by atoms with Crippen LogP contribution in [0.15, 0.2) is 71.6 Å². The van der Waals surface area contributed by atoms with E-state index in [2.05, 4.69) is 34.3 Å². The number of methoxy groups -OCH3 is 1. The summed E-state index contributed by atoms with van der Waals surface area (Å²) in [5, 5.41) is 2.90. The first-order chi connectivity index (χ1) is 16.2. The number of anilines is 2. The Balaban J connectivity index is 1.61. The molecule has 0 unspecified atom stereocenters. The first-order valence-corrected chi connectivity index (χ1v) is 12.5. The van der Waals surface area contributed by atoms with Gasteiger partial charge in [0.1, 0.15) is 5.75 Å². The van der Waals surface area contributed by atoms with E-state index >= 15 is 0 Å². The summed E-state index contributed by atoms with van der Waals surface area (Å²) in [6.07, 6.45) is 1.62. The second-order valence-corrected chi connectivity index (χ2v) is 9.91. The predicted molar refractivity (Wildman–Crippen MR) is 136 cm³/mol. The van der Waals surface area contributed by atoms with E-state index in [4.69, 9.17) is 4.74 Å². The van der Waals surface area contributed by atoms with Crippen LogP contribution >= 0.6 is 0 Å². The zero-order valence-corrected chi connectivity index (χ0v) is 20.8. The predicted octanol–water partition coefficient (Wildman–Crippen LogP) is 4.23. The van der Waals surface area contributed by atoms with E-state index in [1.54, 1.807) is 44.4 Å². The van der Waals surface area contributed by atoms with E-state index in [0.717, 1.165) is 18.5 Å². The topological polar surface area (TPSA) is 87.7 Å². The number of carbonyl (C=O) groups excluding carboxylic acids is 1. The fourth-order valence-electron chi connectivity index (χ4n) is 3.44. The van der Waals surface area contributed by atoms with Crippen molar-refractivity contribution in [2.24, 2.45) is 0 Å². The summed E-state index contributed by atoms with van der Waals surface area (Å²) in [5.74, 6) is 0.338. The number of rotatable bonds is 10. The molecule has 0 bridgehead atoms. The average Bonchev–Trinajstić information content (AvgIpc) is 2.82. The normalized spacial score (nSPS) is 11.1. The third kappa shape index (κ3) is 6.51. The van der Waals surface area contributed by atoms with Crippen LogP contribution in [0.4, 0.5) is 11.4 Å². The fraction of sp³-hybridized carbons (Fsp3) is 0.269. The molecule has 0 fully saturated rings. The molecule has 0 atom stereocenters. The second kappa shape index (κ2) is 11.1. The van der Waals surface area contributed by atoms with Gasteiger partial charge in [-0.3, -0.25) is 9.52 Å². The smallest absolute Gasteiger partial charge is 0.261 e. The average molecular weight is 482 g/mol. The monoisotopic (exact) mass is 481 g/mol. The van der Waals surface area contributed by atoms with Gasteiger partial charge in [-0.15, -0.1) is 0 Å². The highest BCUT2D eigenvalue weighted by molar-refractivity contribution is 7.92. The van der Waals surface area contributed by atoms with Crippen LogP contribution in [0.2, 0.25) is 0 Å². The van der Waals surface area contributed by atoms with Crippen LogP contribution in [0.5, 0.6) is 5.75 Å². The third-order valence-electron chi connectivity index (χ3n) is 5.49. The summed E-state index contributed by atoms with van der Waals surface area (Å²) in [7, 11) is 1.70. The molecule has 0 spiro atoms. The number of amides is 1. The Morgan fingerprint density at radius 1 is 0.971 bits per heavy atom. The molecule has 7 nitrogen and oxygen atoms in total. The molecule has 8 heteroatoms. The Labute approximate surface area is 201 Å². The second-order valence-electron chi connectivity index (χ2n) is 8.23. The summed E-state index contributed by atoms with van der Waals surface area (Å²) < 4.78 is 33.3. The molecule has 3 rings (SSSR count). The highest BCUT2D eigenvalue weighted by Crippen LogP contribution is 2.21. The van der Waals surface area contributed by atoms with E-state index in [0.29, 0.717) is 29.1 Å². The van der Waals surface area contributed by atoms with Gasteiger partial charge < -0.3 is 15.0 Å². The Bertz CT molecular complexity index is 1220. The summed E-state index contributed by atoms with van der Waals surface area (Å²) in [6, 6.07) is 19.4. The van der Waals surface area contributed by atoms with E-state index in [1.807, 2.05) is 19.0 Å². The number of sulfonamides is 1. The van der Waals surface area contributed by atoms with E-state index < -0.39 is 10.0 Å². The number of benzene rings is 3. The summed E-state index contributed by atoms with van der Waals surface area (Å²) in [5.41, 5.74) is 3.80. The number of ether oxygens (including phenoxy) is 1. The number of nitrogens with one attached hydrogen (secondary N) is 2. The van der Waals surface area contributed by atoms with Crippen molar-refractivity contribution in [3.05, 3.63) is 83.4 Å². The molecule has 34 heavy (non-hydrogen) atoms. The molecule has 0 heterocycles. The van der Waals surface area contributed by atoms with E-state index in [9.17, 15) is 13.2 Å². The van der Waals surface area contributed by atoms with Crippen LogP contribution in [0.25, 0.3) is 0 Å². The maximum absolute atomic E-state index is 12.8.